The van der Waals surface area contributed by atoms with Gasteiger partial charge in [0.1, 0.15) is 6.10 Å². The van der Waals surface area contributed by atoms with Gasteiger partial charge in [0.05, 0.1) is 10.6 Å². The number of hydrogen-bond donors (Lipinski definition) is 1. The lowest BCUT2D eigenvalue weighted by Gasteiger charge is -2.19. The maximum absolute atomic E-state index is 10.6. The first-order valence-electron chi connectivity index (χ1n) is 7.03. The van der Waals surface area contributed by atoms with Gasteiger partial charge < -0.3 is 5.11 Å². The molecule has 0 bridgehead atoms. The van der Waals surface area contributed by atoms with Crippen molar-refractivity contribution in [2.24, 2.45) is 0 Å². The average Bonchev–Trinajstić information content (AvgIpc) is 2.88. The third-order valence-electron chi connectivity index (χ3n) is 3.31. The van der Waals surface area contributed by atoms with E-state index < -0.39 is 6.10 Å². The lowest BCUT2D eigenvalue weighted by Crippen LogP contribution is -2.16. The molecule has 0 aliphatic rings. The minimum Gasteiger partial charge on any atom is -0.383 e. The summed E-state index contributed by atoms with van der Waals surface area (Å²) in [6.07, 6.45) is 1.57. The predicted octanol–water partition coefficient (Wildman–Crippen LogP) is 3.87. The van der Waals surface area contributed by atoms with Crippen molar-refractivity contribution in [3.63, 3.8) is 0 Å². The summed E-state index contributed by atoms with van der Waals surface area (Å²) < 4.78 is 4.01. The van der Waals surface area contributed by atoms with Gasteiger partial charge in [0.15, 0.2) is 0 Å². The standard InChI is InChI=1S/C16H22N2OS/c1-5-6-11-7-9-12(10-8-11)13(19)14-15(16(2,3)4)17-18-20-14/h7-10,13,19H,5-6H2,1-4H3. The Balaban J connectivity index is 2.27. The molecule has 0 radical (unpaired) electrons. The molecule has 4 heteroatoms. The van der Waals surface area contributed by atoms with Crippen LogP contribution in [0.4, 0.5) is 0 Å². The number of hydrogen-bond acceptors (Lipinski definition) is 4. The molecule has 20 heavy (non-hydrogen) atoms. The van der Waals surface area contributed by atoms with Gasteiger partial charge in [-0.15, -0.1) is 5.10 Å². The van der Waals surface area contributed by atoms with Gasteiger partial charge in [-0.1, -0.05) is 62.9 Å². The Bertz CT molecular complexity index is 555. The van der Waals surface area contributed by atoms with Crippen molar-refractivity contribution in [1.29, 1.82) is 0 Å². The molecule has 1 N–H and O–H groups in total. The fourth-order valence-corrected chi connectivity index (χ4v) is 3.08. The molecule has 1 aromatic heterocycles. The SMILES string of the molecule is CCCc1ccc(C(O)c2snnc2C(C)(C)C)cc1. The smallest absolute Gasteiger partial charge is 0.117 e. The van der Waals surface area contributed by atoms with Crippen molar-refractivity contribution in [3.8, 4) is 0 Å². The number of aliphatic hydroxyl groups is 1. The van der Waals surface area contributed by atoms with Gasteiger partial charge in [0.25, 0.3) is 0 Å². The van der Waals surface area contributed by atoms with E-state index in [1.165, 1.54) is 17.1 Å². The van der Waals surface area contributed by atoms with Crippen LogP contribution < -0.4 is 0 Å². The van der Waals surface area contributed by atoms with Crippen LogP contribution in [0.2, 0.25) is 0 Å². The first-order valence-corrected chi connectivity index (χ1v) is 7.80. The molecular formula is C16H22N2OS. The van der Waals surface area contributed by atoms with E-state index >= 15 is 0 Å². The topological polar surface area (TPSA) is 46.0 Å². The molecule has 0 saturated carbocycles. The molecule has 108 valence electrons. The van der Waals surface area contributed by atoms with E-state index in [-0.39, 0.29) is 5.41 Å². The molecule has 0 aliphatic heterocycles. The second kappa shape index (κ2) is 6.02. The van der Waals surface area contributed by atoms with Crippen LogP contribution in [0.5, 0.6) is 0 Å². The summed E-state index contributed by atoms with van der Waals surface area (Å²) in [6.45, 7) is 8.43. The van der Waals surface area contributed by atoms with Crippen LogP contribution >= 0.6 is 11.5 Å². The van der Waals surface area contributed by atoms with Gasteiger partial charge in [-0.3, -0.25) is 0 Å². The van der Waals surface area contributed by atoms with Crippen LogP contribution in [-0.2, 0) is 11.8 Å². The van der Waals surface area contributed by atoms with Crippen molar-refractivity contribution in [2.75, 3.05) is 0 Å². The van der Waals surface area contributed by atoms with E-state index in [9.17, 15) is 5.11 Å². The summed E-state index contributed by atoms with van der Waals surface area (Å²) in [7, 11) is 0. The van der Waals surface area contributed by atoms with Crippen LogP contribution in [-0.4, -0.2) is 14.7 Å². The summed E-state index contributed by atoms with van der Waals surface area (Å²) >= 11 is 1.28. The summed E-state index contributed by atoms with van der Waals surface area (Å²) in [5.41, 5.74) is 2.99. The number of aromatic nitrogens is 2. The Kier molecular flexibility index (Phi) is 4.55. The highest BCUT2D eigenvalue weighted by molar-refractivity contribution is 7.05. The third kappa shape index (κ3) is 3.25. The van der Waals surface area contributed by atoms with Crippen LogP contribution in [0, 0.1) is 0 Å². The normalized spacial score (nSPS) is 13.4. The van der Waals surface area contributed by atoms with E-state index in [1.54, 1.807) is 0 Å². The Labute approximate surface area is 124 Å². The monoisotopic (exact) mass is 290 g/mol. The quantitative estimate of drug-likeness (QED) is 0.929. The first-order chi connectivity index (χ1) is 9.43. The zero-order valence-corrected chi connectivity index (χ0v) is 13.4. The molecular weight excluding hydrogens is 268 g/mol. The lowest BCUT2D eigenvalue weighted by molar-refractivity contribution is 0.221. The van der Waals surface area contributed by atoms with Crippen LogP contribution in [0.3, 0.4) is 0 Å². The second-order valence-electron chi connectivity index (χ2n) is 6.13. The van der Waals surface area contributed by atoms with Gasteiger partial charge in [-0.25, -0.2) is 0 Å². The molecule has 2 aromatic rings. The largest absolute Gasteiger partial charge is 0.383 e. The number of benzene rings is 1. The highest BCUT2D eigenvalue weighted by atomic mass is 32.1. The fraction of sp³-hybridized carbons (Fsp3) is 0.500. The zero-order chi connectivity index (χ0) is 14.8. The molecule has 1 heterocycles. The average molecular weight is 290 g/mol. The van der Waals surface area contributed by atoms with Crippen LogP contribution in [0.1, 0.15) is 61.9 Å². The van der Waals surface area contributed by atoms with Crippen LogP contribution in [0.25, 0.3) is 0 Å². The summed E-state index contributed by atoms with van der Waals surface area (Å²) in [4.78, 5) is 0.848. The Morgan fingerprint density at radius 2 is 1.85 bits per heavy atom. The van der Waals surface area contributed by atoms with Crippen molar-refractivity contribution >= 4 is 11.5 Å². The summed E-state index contributed by atoms with van der Waals surface area (Å²) in [6, 6.07) is 8.18. The maximum atomic E-state index is 10.6. The molecule has 0 fully saturated rings. The highest BCUT2D eigenvalue weighted by Gasteiger charge is 2.26. The molecule has 3 nitrogen and oxygen atoms in total. The van der Waals surface area contributed by atoms with Gasteiger partial charge >= 0.3 is 0 Å². The molecule has 1 atom stereocenters. The molecule has 0 spiro atoms. The minimum atomic E-state index is -0.639. The van der Waals surface area contributed by atoms with Gasteiger partial charge in [0.2, 0.25) is 0 Å². The third-order valence-corrected chi connectivity index (χ3v) is 4.08. The van der Waals surface area contributed by atoms with E-state index in [2.05, 4.69) is 49.4 Å². The number of aryl methyl sites for hydroxylation is 1. The zero-order valence-electron chi connectivity index (χ0n) is 12.6. The molecule has 0 saturated heterocycles. The van der Waals surface area contributed by atoms with Gasteiger partial charge in [-0.2, -0.15) is 0 Å². The molecule has 1 unspecified atom stereocenters. The Morgan fingerprint density at radius 1 is 1.20 bits per heavy atom. The Hall–Kier alpha value is -1.26. The van der Waals surface area contributed by atoms with E-state index in [0.717, 1.165) is 29.0 Å². The van der Waals surface area contributed by atoms with Gasteiger partial charge in [-0.05, 0) is 29.1 Å². The Morgan fingerprint density at radius 3 is 2.40 bits per heavy atom. The summed E-state index contributed by atoms with van der Waals surface area (Å²) in [5.74, 6) is 0. The molecule has 2 rings (SSSR count). The predicted molar refractivity (Wildman–Crippen MR) is 83.1 cm³/mol. The first kappa shape index (κ1) is 15.1. The maximum Gasteiger partial charge on any atom is 0.117 e. The second-order valence-corrected chi connectivity index (χ2v) is 6.92. The number of aliphatic hydroxyl groups excluding tert-OH is 1. The van der Waals surface area contributed by atoms with E-state index in [1.807, 2.05) is 12.1 Å². The van der Waals surface area contributed by atoms with Crippen molar-refractivity contribution < 1.29 is 5.11 Å². The molecule has 0 aliphatic carbocycles. The number of rotatable bonds is 4. The molecule has 0 amide bonds. The van der Waals surface area contributed by atoms with E-state index in [4.69, 9.17) is 0 Å². The lowest BCUT2D eigenvalue weighted by atomic mass is 9.89. The van der Waals surface area contributed by atoms with Crippen LogP contribution in [0.15, 0.2) is 24.3 Å². The summed E-state index contributed by atoms with van der Waals surface area (Å²) in [5, 5.41) is 14.8. The van der Waals surface area contributed by atoms with Crippen molar-refractivity contribution in [1.82, 2.24) is 9.59 Å². The van der Waals surface area contributed by atoms with Crippen molar-refractivity contribution in [2.45, 2.75) is 52.1 Å². The molecule has 1 aromatic carbocycles. The van der Waals surface area contributed by atoms with Crippen molar-refractivity contribution in [3.05, 3.63) is 46.0 Å². The fourth-order valence-electron chi connectivity index (χ4n) is 2.20. The van der Waals surface area contributed by atoms with E-state index in [0.29, 0.717) is 0 Å². The number of nitrogens with zero attached hydrogens (tertiary/aromatic N) is 2. The highest BCUT2D eigenvalue weighted by Crippen LogP contribution is 2.33. The van der Waals surface area contributed by atoms with Gasteiger partial charge in [0, 0.05) is 5.41 Å². The minimum absolute atomic E-state index is 0.106.